The predicted octanol–water partition coefficient (Wildman–Crippen LogP) is 3.93. The van der Waals surface area contributed by atoms with Crippen molar-refractivity contribution in [1.82, 2.24) is 15.3 Å². The zero-order chi connectivity index (χ0) is 22.4. The van der Waals surface area contributed by atoms with Crippen molar-refractivity contribution in [3.05, 3.63) is 71.5 Å². The molecule has 0 saturated carbocycles. The molecule has 0 aliphatic heterocycles. The third-order valence-electron chi connectivity index (χ3n) is 5.10. The van der Waals surface area contributed by atoms with Gasteiger partial charge in [0, 0.05) is 42.3 Å². The molecule has 3 aromatic rings. The zero-order valence-corrected chi connectivity index (χ0v) is 18.1. The Morgan fingerprint density at radius 1 is 1.03 bits per heavy atom. The molecule has 1 heterocycles. The molecule has 160 valence electrons. The van der Waals surface area contributed by atoms with Crippen molar-refractivity contribution in [1.29, 1.82) is 0 Å². The van der Waals surface area contributed by atoms with Crippen LogP contribution < -0.4 is 15.4 Å². The Kier molecular flexibility index (Phi) is 6.97. The number of carbonyl (C=O) groups is 2. The summed E-state index contributed by atoms with van der Waals surface area (Å²) < 4.78 is 5.50. The molecule has 1 amide bonds. The molecule has 0 spiro atoms. The summed E-state index contributed by atoms with van der Waals surface area (Å²) in [6.45, 7) is 4.24. The molecule has 31 heavy (non-hydrogen) atoms. The monoisotopic (exact) mass is 418 g/mol. The van der Waals surface area contributed by atoms with Crippen LogP contribution in [0.1, 0.15) is 46.0 Å². The quantitative estimate of drug-likeness (QED) is 0.539. The molecule has 0 aliphatic carbocycles. The maximum absolute atomic E-state index is 11.9. The fraction of sp³-hybridized carbons (Fsp3) is 0.250. The summed E-state index contributed by atoms with van der Waals surface area (Å²) in [5, 5.41) is 5.96. The number of ether oxygens (including phenoxy) is 1. The zero-order valence-electron chi connectivity index (χ0n) is 18.1. The Labute approximate surface area is 181 Å². The van der Waals surface area contributed by atoms with E-state index in [1.807, 2.05) is 24.3 Å². The molecular weight excluding hydrogens is 392 g/mol. The van der Waals surface area contributed by atoms with Crippen LogP contribution in [-0.4, -0.2) is 42.4 Å². The van der Waals surface area contributed by atoms with Crippen LogP contribution in [0.4, 0.5) is 5.82 Å². The number of Topliss-reactive ketones (excluding diaryl/α,β-unsaturated/α-hetero) is 1. The van der Waals surface area contributed by atoms with Crippen LogP contribution in [0.2, 0.25) is 0 Å². The standard InChI is InChI=1S/C24H26N4O3/c1-15(20-10-9-19(24(30)25-3)11-22(20)31-4)13-26-23-12-21(27-14-28-23)18-7-5-17(6-8-18)16(2)29/h5-12,14-15H,13H2,1-4H3,(H,25,30)(H,26,27,28)/t15-/m1/s1. The second-order valence-electron chi connectivity index (χ2n) is 7.24. The third-order valence-corrected chi connectivity index (χ3v) is 5.10. The number of methoxy groups -OCH3 is 1. The lowest BCUT2D eigenvalue weighted by atomic mass is 9.98. The molecule has 0 radical (unpaired) electrons. The van der Waals surface area contributed by atoms with Crippen LogP contribution in [-0.2, 0) is 0 Å². The SMILES string of the molecule is CNC(=O)c1ccc([C@H](C)CNc2cc(-c3ccc(C(C)=O)cc3)ncn2)c(OC)c1. The van der Waals surface area contributed by atoms with E-state index in [9.17, 15) is 9.59 Å². The number of aromatic nitrogens is 2. The van der Waals surface area contributed by atoms with Gasteiger partial charge in [0.1, 0.15) is 17.9 Å². The molecule has 0 aliphatic rings. The fourth-order valence-electron chi connectivity index (χ4n) is 3.26. The van der Waals surface area contributed by atoms with E-state index < -0.39 is 0 Å². The van der Waals surface area contributed by atoms with Gasteiger partial charge >= 0.3 is 0 Å². The Hall–Kier alpha value is -3.74. The van der Waals surface area contributed by atoms with Gasteiger partial charge in [0.15, 0.2) is 5.78 Å². The number of ketones is 1. The van der Waals surface area contributed by atoms with E-state index in [0.29, 0.717) is 29.2 Å². The van der Waals surface area contributed by atoms with Crippen LogP contribution >= 0.6 is 0 Å². The highest BCUT2D eigenvalue weighted by Crippen LogP contribution is 2.28. The molecule has 7 heteroatoms. The molecule has 2 N–H and O–H groups in total. The van der Waals surface area contributed by atoms with Gasteiger partial charge in [-0.3, -0.25) is 9.59 Å². The summed E-state index contributed by atoms with van der Waals surface area (Å²) >= 11 is 0. The average Bonchev–Trinajstić information content (AvgIpc) is 2.81. The highest BCUT2D eigenvalue weighted by Gasteiger charge is 2.15. The Balaban J connectivity index is 1.72. The van der Waals surface area contributed by atoms with Crippen LogP contribution in [0.25, 0.3) is 11.3 Å². The first-order chi connectivity index (χ1) is 14.9. The van der Waals surface area contributed by atoms with Gasteiger partial charge < -0.3 is 15.4 Å². The van der Waals surface area contributed by atoms with Gasteiger partial charge in [0.2, 0.25) is 0 Å². The summed E-state index contributed by atoms with van der Waals surface area (Å²) in [6.07, 6.45) is 1.51. The number of nitrogens with zero attached hydrogens (tertiary/aromatic N) is 2. The van der Waals surface area contributed by atoms with Crippen molar-refractivity contribution in [3.63, 3.8) is 0 Å². The number of nitrogens with one attached hydrogen (secondary N) is 2. The molecule has 1 aromatic heterocycles. The maximum Gasteiger partial charge on any atom is 0.251 e. The van der Waals surface area contributed by atoms with E-state index in [1.54, 1.807) is 45.3 Å². The lowest BCUT2D eigenvalue weighted by molar-refractivity contribution is 0.0961. The number of carbonyl (C=O) groups excluding carboxylic acids is 2. The van der Waals surface area contributed by atoms with Crippen molar-refractivity contribution >= 4 is 17.5 Å². The Morgan fingerprint density at radius 3 is 2.39 bits per heavy atom. The van der Waals surface area contributed by atoms with Gasteiger partial charge in [-0.25, -0.2) is 9.97 Å². The van der Waals surface area contributed by atoms with Crippen LogP contribution in [0.5, 0.6) is 5.75 Å². The summed E-state index contributed by atoms with van der Waals surface area (Å²) in [5.41, 5.74) is 3.90. The highest BCUT2D eigenvalue weighted by molar-refractivity contribution is 5.95. The van der Waals surface area contributed by atoms with Crippen molar-refractivity contribution < 1.29 is 14.3 Å². The molecule has 1 atom stereocenters. The average molecular weight is 418 g/mol. The normalized spacial score (nSPS) is 11.5. The second kappa shape index (κ2) is 9.84. The fourth-order valence-corrected chi connectivity index (χ4v) is 3.26. The van der Waals surface area contributed by atoms with Gasteiger partial charge in [-0.05, 0) is 24.6 Å². The Bertz CT molecular complexity index is 1080. The summed E-state index contributed by atoms with van der Waals surface area (Å²) in [4.78, 5) is 32.0. The van der Waals surface area contributed by atoms with Crippen molar-refractivity contribution in [2.24, 2.45) is 0 Å². The Morgan fingerprint density at radius 2 is 1.74 bits per heavy atom. The first-order valence-corrected chi connectivity index (χ1v) is 10.00. The van der Waals surface area contributed by atoms with E-state index in [1.165, 1.54) is 6.33 Å². The minimum atomic E-state index is -0.152. The van der Waals surface area contributed by atoms with Crippen LogP contribution in [0.15, 0.2) is 54.9 Å². The van der Waals surface area contributed by atoms with E-state index in [2.05, 4.69) is 27.5 Å². The second-order valence-corrected chi connectivity index (χ2v) is 7.24. The predicted molar refractivity (Wildman–Crippen MR) is 121 cm³/mol. The molecule has 0 unspecified atom stereocenters. The molecule has 2 aromatic carbocycles. The van der Waals surface area contributed by atoms with Crippen molar-refractivity contribution in [2.75, 3.05) is 26.0 Å². The number of benzene rings is 2. The van der Waals surface area contributed by atoms with E-state index in [4.69, 9.17) is 4.74 Å². The van der Waals surface area contributed by atoms with E-state index in [0.717, 1.165) is 16.8 Å². The number of anilines is 1. The molecule has 0 bridgehead atoms. The summed E-state index contributed by atoms with van der Waals surface area (Å²) in [5.74, 6) is 1.37. The lowest BCUT2D eigenvalue weighted by Gasteiger charge is -2.17. The molecule has 0 fully saturated rings. The van der Waals surface area contributed by atoms with Crippen LogP contribution in [0.3, 0.4) is 0 Å². The molecule has 7 nitrogen and oxygen atoms in total. The van der Waals surface area contributed by atoms with Crippen molar-refractivity contribution in [2.45, 2.75) is 19.8 Å². The minimum absolute atomic E-state index is 0.0318. The smallest absolute Gasteiger partial charge is 0.251 e. The number of hydrogen-bond acceptors (Lipinski definition) is 6. The molecule has 3 rings (SSSR count). The van der Waals surface area contributed by atoms with Gasteiger partial charge in [-0.1, -0.05) is 37.3 Å². The van der Waals surface area contributed by atoms with Crippen LogP contribution in [0, 0.1) is 0 Å². The largest absolute Gasteiger partial charge is 0.496 e. The van der Waals surface area contributed by atoms with E-state index in [-0.39, 0.29) is 17.6 Å². The molecular formula is C24H26N4O3. The number of amides is 1. The lowest BCUT2D eigenvalue weighted by Crippen LogP contribution is -2.18. The molecule has 0 saturated heterocycles. The summed E-state index contributed by atoms with van der Waals surface area (Å²) in [7, 11) is 3.20. The minimum Gasteiger partial charge on any atom is -0.496 e. The van der Waals surface area contributed by atoms with E-state index >= 15 is 0 Å². The number of hydrogen-bond donors (Lipinski definition) is 2. The van der Waals surface area contributed by atoms with Gasteiger partial charge in [0.05, 0.1) is 12.8 Å². The third kappa shape index (κ3) is 5.25. The van der Waals surface area contributed by atoms with Gasteiger partial charge in [-0.15, -0.1) is 0 Å². The topological polar surface area (TPSA) is 93.2 Å². The van der Waals surface area contributed by atoms with Gasteiger partial charge in [0.25, 0.3) is 5.91 Å². The van der Waals surface area contributed by atoms with Crippen molar-refractivity contribution in [3.8, 4) is 17.0 Å². The van der Waals surface area contributed by atoms with Gasteiger partial charge in [-0.2, -0.15) is 0 Å². The first kappa shape index (κ1) is 22.0. The highest BCUT2D eigenvalue weighted by atomic mass is 16.5. The summed E-state index contributed by atoms with van der Waals surface area (Å²) in [6, 6.07) is 14.7. The maximum atomic E-state index is 11.9. The first-order valence-electron chi connectivity index (χ1n) is 10.00. The number of rotatable bonds is 8.